The van der Waals surface area contributed by atoms with Gasteiger partial charge in [-0.3, -0.25) is 0 Å². The van der Waals surface area contributed by atoms with Crippen LogP contribution < -0.4 is 0 Å². The van der Waals surface area contributed by atoms with Gasteiger partial charge < -0.3 is 35.1 Å². The number of furan rings is 1. The quantitative estimate of drug-likeness (QED) is 0.269. The number of phenolic OH excluding ortho intramolecular Hbond substituents is 6. The van der Waals surface area contributed by atoms with Crippen molar-refractivity contribution in [1.82, 2.24) is 0 Å². The summed E-state index contributed by atoms with van der Waals surface area (Å²) in [6.07, 6.45) is 0. The van der Waals surface area contributed by atoms with E-state index in [9.17, 15) is 30.6 Å². The fourth-order valence-corrected chi connectivity index (χ4v) is 2.03. The Morgan fingerprint density at radius 3 is 1.32 bits per heavy atom. The highest BCUT2D eigenvalue weighted by atomic mass is 16.4. The van der Waals surface area contributed by atoms with Crippen LogP contribution in [0.3, 0.4) is 0 Å². The fraction of sp³-hybridized carbons (Fsp3) is 0. The van der Waals surface area contributed by atoms with Crippen LogP contribution in [0.5, 0.6) is 34.5 Å². The van der Waals surface area contributed by atoms with E-state index >= 15 is 0 Å². The maximum Gasteiger partial charge on any atom is 0.202 e. The number of benzene rings is 2. The molecule has 0 saturated carbocycles. The molecule has 2 aromatic carbocycles. The summed E-state index contributed by atoms with van der Waals surface area (Å²) in [5.74, 6) is -3.45. The minimum Gasteiger partial charge on any atom is -0.507 e. The lowest BCUT2D eigenvalue weighted by atomic mass is 10.1. The third-order valence-corrected chi connectivity index (χ3v) is 2.88. The van der Waals surface area contributed by atoms with Gasteiger partial charge in [0, 0.05) is 12.1 Å². The molecule has 0 bridgehead atoms. The van der Waals surface area contributed by atoms with Crippen LogP contribution in [0.4, 0.5) is 0 Å². The van der Waals surface area contributed by atoms with Crippen molar-refractivity contribution in [2.24, 2.45) is 0 Å². The fourth-order valence-electron chi connectivity index (χ4n) is 2.03. The summed E-state index contributed by atoms with van der Waals surface area (Å²) in [6.45, 7) is 0. The molecule has 0 atom stereocenters. The van der Waals surface area contributed by atoms with E-state index in [0.717, 1.165) is 12.1 Å². The molecule has 98 valence electrons. The van der Waals surface area contributed by atoms with Crippen LogP contribution in [0.25, 0.3) is 21.9 Å². The van der Waals surface area contributed by atoms with Gasteiger partial charge in [0.25, 0.3) is 0 Å². The highest BCUT2D eigenvalue weighted by Gasteiger charge is 2.24. The molecular formula is C12H8O7. The number of hydrogen-bond donors (Lipinski definition) is 6. The molecule has 6 N–H and O–H groups in total. The third kappa shape index (κ3) is 1.26. The van der Waals surface area contributed by atoms with E-state index in [2.05, 4.69) is 0 Å². The van der Waals surface area contributed by atoms with E-state index in [4.69, 9.17) is 4.42 Å². The Labute approximate surface area is 104 Å². The first-order chi connectivity index (χ1) is 8.91. The summed E-state index contributed by atoms with van der Waals surface area (Å²) in [5.41, 5.74) is -0.632. The zero-order valence-electron chi connectivity index (χ0n) is 9.25. The molecule has 0 spiro atoms. The van der Waals surface area contributed by atoms with Gasteiger partial charge in [-0.15, -0.1) is 0 Å². The lowest BCUT2D eigenvalue weighted by molar-refractivity contribution is 0.390. The number of phenols is 6. The molecule has 0 aliphatic carbocycles. The molecule has 1 aromatic heterocycles. The molecule has 7 nitrogen and oxygen atoms in total. The van der Waals surface area contributed by atoms with Crippen molar-refractivity contribution in [3.63, 3.8) is 0 Å². The summed E-state index contributed by atoms with van der Waals surface area (Å²) in [6, 6.07) is 1.74. The summed E-state index contributed by atoms with van der Waals surface area (Å²) >= 11 is 0. The van der Waals surface area contributed by atoms with Crippen LogP contribution in [0, 0.1) is 0 Å². The lowest BCUT2D eigenvalue weighted by Crippen LogP contribution is -1.75. The Kier molecular flexibility index (Phi) is 1.93. The van der Waals surface area contributed by atoms with Gasteiger partial charge in [0.15, 0.2) is 22.7 Å². The van der Waals surface area contributed by atoms with Crippen LogP contribution in [0.15, 0.2) is 16.5 Å². The minimum absolute atomic E-state index is 0.0851. The second kappa shape index (κ2) is 3.29. The highest BCUT2D eigenvalue weighted by Crippen LogP contribution is 2.50. The van der Waals surface area contributed by atoms with Crippen molar-refractivity contribution >= 4 is 21.9 Å². The molecular weight excluding hydrogens is 256 g/mol. The Hall–Kier alpha value is -2.96. The van der Waals surface area contributed by atoms with Gasteiger partial charge in [-0.05, 0) is 0 Å². The average Bonchev–Trinajstić information content (AvgIpc) is 2.75. The molecule has 19 heavy (non-hydrogen) atoms. The van der Waals surface area contributed by atoms with Crippen molar-refractivity contribution < 1.29 is 35.1 Å². The van der Waals surface area contributed by atoms with Crippen molar-refractivity contribution in [3.8, 4) is 34.5 Å². The van der Waals surface area contributed by atoms with E-state index < -0.39 is 34.5 Å². The smallest absolute Gasteiger partial charge is 0.202 e. The standard InChI is InChI=1S/C12H8O7/c13-3-1-5(15)9(17)11-7(3)8-4(14)2-6(16)10(18)12(8)19-11/h1-2,13-18H. The molecule has 1 heterocycles. The second-order valence-electron chi connectivity index (χ2n) is 4.04. The van der Waals surface area contributed by atoms with Crippen molar-refractivity contribution in [2.75, 3.05) is 0 Å². The van der Waals surface area contributed by atoms with Crippen LogP contribution in [-0.4, -0.2) is 30.6 Å². The molecule has 0 fully saturated rings. The molecule has 3 aromatic rings. The van der Waals surface area contributed by atoms with E-state index in [-0.39, 0.29) is 21.9 Å². The zero-order valence-corrected chi connectivity index (χ0v) is 9.25. The molecule has 0 radical (unpaired) electrons. The van der Waals surface area contributed by atoms with E-state index in [1.165, 1.54) is 0 Å². The first kappa shape index (κ1) is 11.1. The molecule has 0 amide bonds. The van der Waals surface area contributed by atoms with Gasteiger partial charge >= 0.3 is 0 Å². The predicted octanol–water partition coefficient (Wildman–Crippen LogP) is 1.82. The Bertz CT molecular complexity index is 763. The summed E-state index contributed by atoms with van der Waals surface area (Å²) in [7, 11) is 0. The minimum atomic E-state index is -0.651. The molecule has 0 aliphatic rings. The molecule has 3 rings (SSSR count). The van der Waals surface area contributed by atoms with Gasteiger partial charge in [-0.2, -0.15) is 0 Å². The average molecular weight is 264 g/mol. The normalized spacial score (nSPS) is 11.4. The van der Waals surface area contributed by atoms with Crippen molar-refractivity contribution in [2.45, 2.75) is 0 Å². The topological polar surface area (TPSA) is 135 Å². The maximum absolute atomic E-state index is 9.76. The summed E-state index contributed by atoms with van der Waals surface area (Å²) < 4.78 is 5.10. The molecule has 0 unspecified atom stereocenters. The maximum atomic E-state index is 9.76. The Morgan fingerprint density at radius 1 is 0.579 bits per heavy atom. The van der Waals surface area contributed by atoms with Gasteiger partial charge in [0.2, 0.25) is 11.5 Å². The number of aromatic hydroxyl groups is 6. The van der Waals surface area contributed by atoms with Gasteiger partial charge in [0.1, 0.15) is 11.5 Å². The molecule has 7 heteroatoms. The number of rotatable bonds is 0. The van der Waals surface area contributed by atoms with Crippen LogP contribution in [0.2, 0.25) is 0 Å². The SMILES string of the molecule is Oc1cc(O)c2c(oc3c(O)c(O)cc(O)c32)c1O. The van der Waals surface area contributed by atoms with Crippen molar-refractivity contribution in [3.05, 3.63) is 12.1 Å². The van der Waals surface area contributed by atoms with Crippen LogP contribution >= 0.6 is 0 Å². The van der Waals surface area contributed by atoms with Crippen LogP contribution in [0.1, 0.15) is 0 Å². The summed E-state index contributed by atoms with van der Waals surface area (Å²) in [4.78, 5) is 0. The Morgan fingerprint density at radius 2 is 0.947 bits per heavy atom. The molecule has 0 saturated heterocycles. The highest BCUT2D eigenvalue weighted by molar-refractivity contribution is 6.15. The van der Waals surface area contributed by atoms with E-state index in [1.54, 1.807) is 0 Å². The third-order valence-electron chi connectivity index (χ3n) is 2.88. The van der Waals surface area contributed by atoms with Gasteiger partial charge in [-0.25, -0.2) is 0 Å². The number of fused-ring (bicyclic) bond motifs is 3. The van der Waals surface area contributed by atoms with Gasteiger partial charge in [-0.1, -0.05) is 0 Å². The first-order valence-electron chi connectivity index (χ1n) is 5.15. The van der Waals surface area contributed by atoms with Crippen molar-refractivity contribution in [1.29, 1.82) is 0 Å². The van der Waals surface area contributed by atoms with Gasteiger partial charge in [0.05, 0.1) is 10.8 Å². The van der Waals surface area contributed by atoms with E-state index in [1.807, 2.05) is 0 Å². The molecule has 0 aliphatic heterocycles. The monoisotopic (exact) mass is 264 g/mol. The zero-order chi connectivity index (χ0) is 13.9. The second-order valence-corrected chi connectivity index (χ2v) is 4.04. The largest absolute Gasteiger partial charge is 0.507 e. The first-order valence-corrected chi connectivity index (χ1v) is 5.15. The predicted molar refractivity (Wildman–Crippen MR) is 63.7 cm³/mol. The van der Waals surface area contributed by atoms with Crippen LogP contribution in [-0.2, 0) is 0 Å². The van der Waals surface area contributed by atoms with E-state index in [0.29, 0.717) is 0 Å². The number of hydrogen-bond acceptors (Lipinski definition) is 7. The lowest BCUT2D eigenvalue weighted by Gasteiger charge is -2.01. The Balaban J connectivity index is 2.68. The summed E-state index contributed by atoms with van der Waals surface area (Å²) in [5, 5.41) is 57.4.